The summed E-state index contributed by atoms with van der Waals surface area (Å²) in [7, 11) is -2.07. The third-order valence-corrected chi connectivity index (χ3v) is 11.9. The number of aromatic amines is 1. The van der Waals surface area contributed by atoms with Crippen molar-refractivity contribution in [2.45, 2.75) is 64.6 Å². The van der Waals surface area contributed by atoms with Gasteiger partial charge in [-0.05, 0) is 36.7 Å². The second-order valence-electron chi connectivity index (χ2n) is 9.89. The van der Waals surface area contributed by atoms with Gasteiger partial charge in [-0.15, -0.1) is 0 Å². The molecule has 3 rings (SSSR count). The summed E-state index contributed by atoms with van der Waals surface area (Å²) in [6, 6.07) is 1.64. The lowest BCUT2D eigenvalue weighted by Crippen LogP contribution is -2.42. The van der Waals surface area contributed by atoms with Crippen LogP contribution in [0.1, 0.15) is 57.7 Å². The molecule has 6 nitrogen and oxygen atoms in total. The van der Waals surface area contributed by atoms with Gasteiger partial charge in [-0.1, -0.05) is 50.9 Å². The van der Waals surface area contributed by atoms with Crippen LogP contribution >= 0.6 is 23.2 Å². The smallest absolute Gasteiger partial charge is 0.249 e. The van der Waals surface area contributed by atoms with E-state index in [9.17, 15) is 9.59 Å². The molecule has 170 valence electrons. The number of amides is 2. The zero-order valence-corrected chi connectivity index (χ0v) is 21.6. The van der Waals surface area contributed by atoms with Gasteiger partial charge in [-0.2, -0.15) is 0 Å². The zero-order valence-electron chi connectivity index (χ0n) is 19.1. The van der Waals surface area contributed by atoms with Crippen molar-refractivity contribution in [1.82, 2.24) is 10.3 Å². The third-order valence-electron chi connectivity index (χ3n) is 6.58. The van der Waals surface area contributed by atoms with Gasteiger partial charge < -0.3 is 20.0 Å². The van der Waals surface area contributed by atoms with Crippen LogP contribution in [0.4, 0.5) is 5.69 Å². The van der Waals surface area contributed by atoms with Crippen LogP contribution in [0.25, 0.3) is 10.9 Å². The number of carbonyl (C=O) groups is 2. The van der Waals surface area contributed by atoms with Crippen molar-refractivity contribution in [3.63, 3.8) is 0 Å². The number of halogens is 2. The first-order valence-electron chi connectivity index (χ1n) is 10.5. The van der Waals surface area contributed by atoms with Gasteiger partial charge in [0.1, 0.15) is 6.61 Å². The number of carbonyl (C=O) groups excluding carboxylic acids is 2. The molecule has 0 saturated carbocycles. The number of nitrogens with one attached hydrogen (secondary N) is 3. The lowest BCUT2D eigenvalue weighted by atomic mass is 9.93. The lowest BCUT2D eigenvalue weighted by molar-refractivity contribution is -0.122. The Kier molecular flexibility index (Phi) is 6.55. The summed E-state index contributed by atoms with van der Waals surface area (Å²) in [6.07, 6.45) is 0. The van der Waals surface area contributed by atoms with Crippen molar-refractivity contribution < 1.29 is 14.0 Å². The Balaban J connectivity index is 2.02. The van der Waals surface area contributed by atoms with Crippen molar-refractivity contribution in [3.8, 4) is 0 Å². The Morgan fingerprint density at radius 1 is 1.29 bits per heavy atom. The first-order chi connectivity index (χ1) is 14.2. The van der Waals surface area contributed by atoms with Crippen molar-refractivity contribution in [2.75, 3.05) is 18.5 Å². The Hall–Kier alpha value is -1.54. The number of fused-ring (bicyclic) bond motifs is 3. The van der Waals surface area contributed by atoms with E-state index in [-0.39, 0.29) is 29.4 Å². The largest absolute Gasteiger partial charge is 0.408 e. The van der Waals surface area contributed by atoms with Crippen LogP contribution in [0.5, 0.6) is 0 Å². The summed E-state index contributed by atoms with van der Waals surface area (Å²) in [5.41, 5.74) is 2.93. The number of hydrogen-bond donors (Lipinski definition) is 3. The van der Waals surface area contributed by atoms with E-state index in [1.54, 1.807) is 6.07 Å². The summed E-state index contributed by atoms with van der Waals surface area (Å²) in [5, 5.41) is 7.33. The third kappa shape index (κ3) is 4.51. The second-order valence-corrected chi connectivity index (χ2v) is 15.5. The van der Waals surface area contributed by atoms with E-state index in [2.05, 4.69) is 49.5 Å². The molecule has 1 aromatic heterocycles. The van der Waals surface area contributed by atoms with Gasteiger partial charge in [0, 0.05) is 23.5 Å². The molecule has 0 saturated heterocycles. The molecule has 1 aliphatic heterocycles. The average Bonchev–Trinajstić information content (AvgIpc) is 3.03. The van der Waals surface area contributed by atoms with Gasteiger partial charge in [0.15, 0.2) is 8.32 Å². The van der Waals surface area contributed by atoms with Crippen molar-refractivity contribution >= 4 is 59.9 Å². The highest BCUT2D eigenvalue weighted by Crippen LogP contribution is 2.44. The fourth-order valence-electron chi connectivity index (χ4n) is 3.59. The molecule has 31 heavy (non-hydrogen) atoms. The molecule has 1 aliphatic rings. The molecular weight excluding hydrogens is 453 g/mol. The number of benzene rings is 1. The minimum Gasteiger partial charge on any atom is -0.408 e. The molecule has 2 amide bonds. The minimum atomic E-state index is -2.07. The highest BCUT2D eigenvalue weighted by Gasteiger charge is 2.38. The first-order valence-corrected chi connectivity index (χ1v) is 14.2. The predicted molar refractivity (Wildman–Crippen MR) is 130 cm³/mol. The van der Waals surface area contributed by atoms with E-state index < -0.39 is 14.2 Å². The Labute approximate surface area is 194 Å². The highest BCUT2D eigenvalue weighted by atomic mass is 35.5. The SMILES string of the molecule is CC1CNC(=O)C(C)c2c1[nH]c1c(Cl)c(Cl)cc(NC(=O)CO[Si](C)(C)C(C)(C)C)c21. The van der Waals surface area contributed by atoms with Gasteiger partial charge in [-0.25, -0.2) is 0 Å². The zero-order chi connectivity index (χ0) is 23.3. The fraction of sp³-hybridized carbons (Fsp3) is 0.545. The maximum atomic E-state index is 12.8. The second kappa shape index (κ2) is 8.43. The first kappa shape index (κ1) is 24.1. The van der Waals surface area contributed by atoms with Crippen LogP contribution in [-0.4, -0.2) is 38.3 Å². The lowest BCUT2D eigenvalue weighted by Gasteiger charge is -2.35. The van der Waals surface area contributed by atoms with Gasteiger partial charge >= 0.3 is 0 Å². The van der Waals surface area contributed by atoms with Gasteiger partial charge in [0.05, 0.1) is 27.2 Å². The summed E-state index contributed by atoms with van der Waals surface area (Å²) >= 11 is 12.9. The molecule has 0 fully saturated rings. The molecule has 2 unspecified atom stereocenters. The van der Waals surface area contributed by atoms with E-state index in [1.165, 1.54) is 0 Å². The van der Waals surface area contributed by atoms with Gasteiger partial charge in [0.25, 0.3) is 0 Å². The molecule has 2 aromatic rings. The van der Waals surface area contributed by atoms with Crippen LogP contribution in [0.3, 0.4) is 0 Å². The molecule has 0 aliphatic carbocycles. The summed E-state index contributed by atoms with van der Waals surface area (Å²) < 4.78 is 6.06. The van der Waals surface area contributed by atoms with Crippen molar-refractivity contribution in [1.29, 1.82) is 0 Å². The van der Waals surface area contributed by atoms with E-state index in [1.807, 2.05) is 13.8 Å². The normalized spacial score (nSPS) is 19.7. The Morgan fingerprint density at radius 2 is 1.94 bits per heavy atom. The van der Waals surface area contributed by atoms with Crippen molar-refractivity contribution in [2.24, 2.45) is 0 Å². The number of hydrogen-bond acceptors (Lipinski definition) is 3. The van der Waals surface area contributed by atoms with Crippen LogP contribution in [-0.2, 0) is 14.0 Å². The Bertz CT molecular complexity index is 1040. The molecule has 2 heterocycles. The number of aromatic nitrogens is 1. The maximum absolute atomic E-state index is 12.8. The molecule has 1 aromatic carbocycles. The standard InChI is InChI=1S/C22H31Cl2N3O3Si/c1-11-9-25-21(29)12(2)16-17-14(8-13(23)18(24)20(17)27-19(11)16)26-15(28)10-30-31(6,7)22(3,4)5/h8,11-12,27H,9-10H2,1-7H3,(H,25,29)(H,26,28). The van der Waals surface area contributed by atoms with Crippen molar-refractivity contribution in [3.05, 3.63) is 27.4 Å². The molecule has 3 N–H and O–H groups in total. The quantitative estimate of drug-likeness (QED) is 0.482. The molecule has 2 atom stereocenters. The molecule has 0 bridgehead atoms. The monoisotopic (exact) mass is 483 g/mol. The van der Waals surface area contributed by atoms with E-state index in [0.29, 0.717) is 27.8 Å². The molecule has 0 spiro atoms. The minimum absolute atomic E-state index is 0.00101. The molecule has 9 heteroatoms. The highest BCUT2D eigenvalue weighted by molar-refractivity contribution is 6.74. The van der Waals surface area contributed by atoms with Crippen LogP contribution in [0, 0.1) is 0 Å². The van der Waals surface area contributed by atoms with Crippen LogP contribution in [0.15, 0.2) is 6.07 Å². The van der Waals surface area contributed by atoms with E-state index >= 15 is 0 Å². The molecular formula is C22H31Cl2N3O3Si. The predicted octanol–water partition coefficient (Wildman–Crippen LogP) is 5.77. The summed E-state index contributed by atoms with van der Waals surface area (Å²) in [4.78, 5) is 28.8. The van der Waals surface area contributed by atoms with Gasteiger partial charge in [0.2, 0.25) is 11.8 Å². The number of anilines is 1. The van der Waals surface area contributed by atoms with Gasteiger partial charge in [-0.3, -0.25) is 9.59 Å². The van der Waals surface area contributed by atoms with E-state index in [4.69, 9.17) is 27.6 Å². The maximum Gasteiger partial charge on any atom is 0.249 e. The van der Waals surface area contributed by atoms with Crippen LogP contribution < -0.4 is 10.6 Å². The topological polar surface area (TPSA) is 83.2 Å². The van der Waals surface area contributed by atoms with E-state index in [0.717, 1.165) is 16.6 Å². The number of rotatable bonds is 4. The number of H-pyrrole nitrogens is 1. The fourth-order valence-corrected chi connectivity index (χ4v) is 4.91. The summed E-state index contributed by atoms with van der Waals surface area (Å²) in [5.74, 6) is -0.656. The summed E-state index contributed by atoms with van der Waals surface area (Å²) in [6.45, 7) is 15.0. The Morgan fingerprint density at radius 3 is 2.55 bits per heavy atom. The average molecular weight is 485 g/mol. The molecule has 0 radical (unpaired) electrons. The van der Waals surface area contributed by atoms with Crippen LogP contribution in [0.2, 0.25) is 28.2 Å².